The van der Waals surface area contributed by atoms with Gasteiger partial charge in [-0.3, -0.25) is 13.9 Å². The van der Waals surface area contributed by atoms with Crippen molar-refractivity contribution in [2.75, 3.05) is 23.7 Å². The van der Waals surface area contributed by atoms with E-state index in [1.54, 1.807) is 12.1 Å². The van der Waals surface area contributed by atoms with Crippen LogP contribution in [0.1, 0.15) is 35.1 Å². The Morgan fingerprint density at radius 1 is 1.10 bits per heavy atom. The van der Waals surface area contributed by atoms with Crippen LogP contribution in [0.25, 0.3) is 0 Å². The Bertz CT molecular complexity index is 1060. The summed E-state index contributed by atoms with van der Waals surface area (Å²) in [6, 6.07) is 13.1. The highest BCUT2D eigenvalue weighted by Gasteiger charge is 2.23. The van der Waals surface area contributed by atoms with Crippen molar-refractivity contribution in [2.24, 2.45) is 0 Å². The number of carbonyl (C=O) groups excluding carboxylic acids is 2. The zero-order valence-electron chi connectivity index (χ0n) is 18.2. The van der Waals surface area contributed by atoms with E-state index in [1.807, 2.05) is 49.1 Å². The number of benzene rings is 2. The minimum atomic E-state index is -3.63. The van der Waals surface area contributed by atoms with Gasteiger partial charge in [0.15, 0.2) is 0 Å². The van der Waals surface area contributed by atoms with E-state index in [1.165, 1.54) is 0 Å². The maximum Gasteiger partial charge on any atom is 0.241 e. The van der Waals surface area contributed by atoms with Crippen LogP contribution in [0, 0.1) is 13.8 Å². The third-order valence-corrected chi connectivity index (χ3v) is 6.45. The van der Waals surface area contributed by atoms with Crippen molar-refractivity contribution < 1.29 is 18.0 Å². The molecular formula is C23H29N3O4S. The predicted molar refractivity (Wildman–Crippen MR) is 121 cm³/mol. The molecule has 0 radical (unpaired) electrons. The molecule has 8 heteroatoms. The van der Waals surface area contributed by atoms with Crippen molar-refractivity contribution >= 4 is 27.5 Å². The number of sulfonamides is 1. The van der Waals surface area contributed by atoms with Gasteiger partial charge in [-0.25, -0.2) is 8.42 Å². The van der Waals surface area contributed by atoms with Crippen molar-refractivity contribution in [3.05, 3.63) is 64.7 Å². The number of nitrogens with one attached hydrogen (secondary N) is 1. The van der Waals surface area contributed by atoms with Gasteiger partial charge < -0.3 is 10.2 Å². The molecule has 166 valence electrons. The second-order valence-corrected chi connectivity index (χ2v) is 9.99. The van der Waals surface area contributed by atoms with Crippen LogP contribution in [0.4, 0.5) is 5.69 Å². The number of hydrogen-bond acceptors (Lipinski definition) is 4. The van der Waals surface area contributed by atoms with Gasteiger partial charge in [-0.1, -0.05) is 30.3 Å². The number of rotatable bonds is 8. The summed E-state index contributed by atoms with van der Waals surface area (Å²) in [4.78, 5) is 26.4. The Kier molecular flexibility index (Phi) is 7.00. The third kappa shape index (κ3) is 6.07. The van der Waals surface area contributed by atoms with Gasteiger partial charge in [0.1, 0.15) is 6.54 Å². The van der Waals surface area contributed by atoms with Crippen molar-refractivity contribution in [1.29, 1.82) is 0 Å². The Balaban J connectivity index is 1.69. The average Bonchev–Trinajstić information content (AvgIpc) is 3.08. The molecule has 2 amide bonds. The number of hydrogen-bond donors (Lipinski definition) is 1. The van der Waals surface area contributed by atoms with E-state index in [0.717, 1.165) is 45.8 Å². The number of amides is 2. The molecule has 31 heavy (non-hydrogen) atoms. The van der Waals surface area contributed by atoms with Crippen LogP contribution in [-0.2, 0) is 32.7 Å². The first-order chi connectivity index (χ1) is 14.6. The first-order valence-corrected chi connectivity index (χ1v) is 12.2. The Hall–Kier alpha value is -2.87. The molecule has 0 aliphatic carbocycles. The Morgan fingerprint density at radius 2 is 1.74 bits per heavy atom. The molecule has 1 N–H and O–H groups in total. The Labute approximate surface area is 184 Å². The first kappa shape index (κ1) is 22.8. The maximum atomic E-state index is 12.6. The highest BCUT2D eigenvalue weighted by atomic mass is 32.2. The molecule has 1 heterocycles. The van der Waals surface area contributed by atoms with Gasteiger partial charge in [-0.2, -0.15) is 0 Å². The van der Waals surface area contributed by atoms with Crippen LogP contribution < -0.4 is 9.62 Å². The monoisotopic (exact) mass is 443 g/mol. The largest absolute Gasteiger partial charge is 0.350 e. The van der Waals surface area contributed by atoms with Gasteiger partial charge in [0, 0.05) is 26.1 Å². The van der Waals surface area contributed by atoms with Crippen LogP contribution in [0.5, 0.6) is 0 Å². The standard InChI is InChI=1S/C23H29N3O4S/c1-17-11-18(2)13-21(12-17)26(31(3,29)30)16-22(27)24-14-19-7-4-5-8-20(19)15-25-10-6-9-23(25)28/h4-5,7-8,11-13H,6,9-10,14-16H2,1-3H3,(H,24,27). The normalized spacial score (nSPS) is 14.0. The minimum Gasteiger partial charge on any atom is -0.350 e. The predicted octanol–water partition coefficient (Wildman–Crippen LogP) is 2.51. The SMILES string of the molecule is Cc1cc(C)cc(N(CC(=O)NCc2ccccc2CN2CCCC2=O)S(C)(=O)=O)c1. The van der Waals surface area contributed by atoms with Crippen LogP contribution in [0.2, 0.25) is 0 Å². The number of nitrogens with zero attached hydrogens (tertiary/aromatic N) is 2. The summed E-state index contributed by atoms with van der Waals surface area (Å²) in [6.45, 7) is 5.01. The molecule has 2 aromatic rings. The summed E-state index contributed by atoms with van der Waals surface area (Å²) in [5.74, 6) is -0.243. The van der Waals surface area contributed by atoms with Gasteiger partial charge in [-0.15, -0.1) is 0 Å². The summed E-state index contributed by atoms with van der Waals surface area (Å²) in [7, 11) is -3.63. The lowest BCUT2D eigenvalue weighted by molar-refractivity contribution is -0.128. The fourth-order valence-electron chi connectivity index (χ4n) is 3.84. The lowest BCUT2D eigenvalue weighted by Gasteiger charge is -2.23. The van der Waals surface area contributed by atoms with E-state index < -0.39 is 15.9 Å². The molecule has 0 bridgehead atoms. The average molecular weight is 444 g/mol. The lowest BCUT2D eigenvalue weighted by atomic mass is 10.1. The molecule has 1 saturated heterocycles. The maximum absolute atomic E-state index is 12.6. The smallest absolute Gasteiger partial charge is 0.241 e. The summed E-state index contributed by atoms with van der Waals surface area (Å²) < 4.78 is 25.8. The van der Waals surface area contributed by atoms with Crippen molar-refractivity contribution in [3.63, 3.8) is 0 Å². The van der Waals surface area contributed by atoms with E-state index in [2.05, 4.69) is 5.32 Å². The molecule has 0 aromatic heterocycles. The zero-order chi connectivity index (χ0) is 22.6. The molecule has 0 unspecified atom stereocenters. The van der Waals surface area contributed by atoms with Crippen molar-refractivity contribution in [2.45, 2.75) is 39.8 Å². The fourth-order valence-corrected chi connectivity index (χ4v) is 4.68. The minimum absolute atomic E-state index is 0.149. The van der Waals surface area contributed by atoms with Crippen LogP contribution in [0.15, 0.2) is 42.5 Å². The van der Waals surface area contributed by atoms with E-state index in [9.17, 15) is 18.0 Å². The summed E-state index contributed by atoms with van der Waals surface area (Å²) in [5, 5.41) is 2.83. The van der Waals surface area contributed by atoms with Gasteiger partial charge in [0.05, 0.1) is 11.9 Å². The molecule has 0 saturated carbocycles. The fraction of sp³-hybridized carbons (Fsp3) is 0.391. The molecule has 1 aliphatic rings. The number of likely N-dealkylation sites (tertiary alicyclic amines) is 1. The molecule has 2 aromatic carbocycles. The first-order valence-electron chi connectivity index (χ1n) is 10.3. The topological polar surface area (TPSA) is 86.8 Å². The molecule has 3 rings (SSSR count). The van der Waals surface area contributed by atoms with Crippen LogP contribution >= 0.6 is 0 Å². The summed E-state index contributed by atoms with van der Waals surface area (Å²) in [5.41, 5.74) is 4.21. The summed E-state index contributed by atoms with van der Waals surface area (Å²) in [6.07, 6.45) is 2.55. The van der Waals surface area contributed by atoms with E-state index >= 15 is 0 Å². The number of carbonyl (C=O) groups is 2. The molecule has 7 nitrogen and oxygen atoms in total. The quantitative estimate of drug-likeness (QED) is 0.679. The van der Waals surface area contributed by atoms with Gasteiger partial charge in [0.25, 0.3) is 0 Å². The highest BCUT2D eigenvalue weighted by Crippen LogP contribution is 2.21. The highest BCUT2D eigenvalue weighted by molar-refractivity contribution is 7.92. The number of aryl methyl sites for hydroxylation is 2. The van der Waals surface area contributed by atoms with E-state index in [0.29, 0.717) is 18.7 Å². The molecule has 0 spiro atoms. The zero-order valence-corrected chi connectivity index (χ0v) is 19.0. The summed E-state index contributed by atoms with van der Waals surface area (Å²) >= 11 is 0. The van der Waals surface area contributed by atoms with E-state index in [4.69, 9.17) is 0 Å². The Morgan fingerprint density at radius 3 is 2.32 bits per heavy atom. The van der Waals surface area contributed by atoms with Crippen molar-refractivity contribution in [1.82, 2.24) is 10.2 Å². The van der Waals surface area contributed by atoms with Crippen molar-refractivity contribution in [3.8, 4) is 0 Å². The van der Waals surface area contributed by atoms with E-state index in [-0.39, 0.29) is 19.0 Å². The molecule has 0 atom stereocenters. The molecule has 1 aliphatic heterocycles. The molecule has 1 fully saturated rings. The second-order valence-electron chi connectivity index (χ2n) is 8.08. The van der Waals surface area contributed by atoms with Gasteiger partial charge in [-0.05, 0) is 54.7 Å². The number of anilines is 1. The lowest BCUT2D eigenvalue weighted by Crippen LogP contribution is -2.40. The van der Waals surface area contributed by atoms with Gasteiger partial charge in [0.2, 0.25) is 21.8 Å². The molecular weight excluding hydrogens is 414 g/mol. The third-order valence-electron chi connectivity index (χ3n) is 5.31. The van der Waals surface area contributed by atoms with Crippen LogP contribution in [0.3, 0.4) is 0 Å². The second kappa shape index (κ2) is 9.51. The van der Waals surface area contributed by atoms with Crippen LogP contribution in [-0.4, -0.2) is 44.5 Å². The van der Waals surface area contributed by atoms with Gasteiger partial charge >= 0.3 is 0 Å².